The SMILES string of the molecule is FC(F)(F)COc1ccc(Cl)cc1Br. The van der Waals surface area contributed by atoms with Crippen LogP contribution in [0.1, 0.15) is 0 Å². The van der Waals surface area contributed by atoms with Crippen molar-refractivity contribution in [2.24, 2.45) is 0 Å². The molecule has 0 aliphatic rings. The molecule has 0 saturated heterocycles. The van der Waals surface area contributed by atoms with E-state index in [1.807, 2.05) is 0 Å². The van der Waals surface area contributed by atoms with Gasteiger partial charge in [-0.05, 0) is 34.1 Å². The van der Waals surface area contributed by atoms with Crippen LogP contribution in [0.5, 0.6) is 5.75 Å². The first-order valence-electron chi connectivity index (χ1n) is 3.53. The molecule has 1 rings (SSSR count). The quantitative estimate of drug-likeness (QED) is 0.798. The molecule has 0 aliphatic heterocycles. The van der Waals surface area contributed by atoms with E-state index in [4.69, 9.17) is 11.6 Å². The van der Waals surface area contributed by atoms with Crippen molar-refractivity contribution in [3.63, 3.8) is 0 Å². The first-order valence-corrected chi connectivity index (χ1v) is 4.70. The minimum absolute atomic E-state index is 0.117. The number of rotatable bonds is 2. The summed E-state index contributed by atoms with van der Waals surface area (Å²) < 4.78 is 40.3. The van der Waals surface area contributed by atoms with E-state index in [1.54, 1.807) is 0 Å². The molecule has 0 N–H and O–H groups in total. The molecular weight excluding hydrogens is 284 g/mol. The van der Waals surface area contributed by atoms with Crippen LogP contribution in [-0.2, 0) is 0 Å². The summed E-state index contributed by atoms with van der Waals surface area (Å²) in [6, 6.07) is 4.30. The van der Waals surface area contributed by atoms with E-state index in [0.29, 0.717) is 9.50 Å². The van der Waals surface area contributed by atoms with Crippen LogP contribution >= 0.6 is 27.5 Å². The van der Waals surface area contributed by atoms with E-state index < -0.39 is 12.8 Å². The van der Waals surface area contributed by atoms with Gasteiger partial charge in [0.2, 0.25) is 0 Å². The summed E-state index contributed by atoms with van der Waals surface area (Å²) in [7, 11) is 0. The van der Waals surface area contributed by atoms with Gasteiger partial charge in [-0.2, -0.15) is 13.2 Å². The summed E-state index contributed by atoms with van der Waals surface area (Å²) in [5.74, 6) is 0.117. The summed E-state index contributed by atoms with van der Waals surface area (Å²) in [6.07, 6.45) is -4.33. The largest absolute Gasteiger partial charge is 0.483 e. The van der Waals surface area contributed by atoms with Crippen LogP contribution in [0, 0.1) is 0 Å². The monoisotopic (exact) mass is 288 g/mol. The van der Waals surface area contributed by atoms with E-state index in [9.17, 15) is 13.2 Å². The predicted octanol–water partition coefficient (Wildman–Crippen LogP) is 4.04. The number of benzene rings is 1. The van der Waals surface area contributed by atoms with Crippen molar-refractivity contribution >= 4 is 27.5 Å². The lowest BCUT2D eigenvalue weighted by molar-refractivity contribution is -0.153. The second kappa shape index (κ2) is 4.40. The number of hydrogen-bond donors (Lipinski definition) is 0. The van der Waals surface area contributed by atoms with Crippen molar-refractivity contribution in [1.82, 2.24) is 0 Å². The van der Waals surface area contributed by atoms with Gasteiger partial charge in [0.25, 0.3) is 0 Å². The number of ether oxygens (including phenoxy) is 1. The van der Waals surface area contributed by atoms with Crippen LogP contribution in [0.4, 0.5) is 13.2 Å². The molecule has 0 aromatic heterocycles. The molecule has 0 atom stereocenters. The van der Waals surface area contributed by atoms with Crippen LogP contribution in [0.2, 0.25) is 5.02 Å². The van der Waals surface area contributed by atoms with Gasteiger partial charge in [0, 0.05) is 5.02 Å². The van der Waals surface area contributed by atoms with Crippen LogP contribution in [-0.4, -0.2) is 12.8 Å². The Bertz CT molecular complexity index is 327. The summed E-state index contributed by atoms with van der Waals surface area (Å²) in [4.78, 5) is 0. The molecule has 0 heterocycles. The second-order valence-electron chi connectivity index (χ2n) is 2.48. The topological polar surface area (TPSA) is 9.23 Å². The molecule has 0 bridgehead atoms. The summed E-state index contributed by atoms with van der Waals surface area (Å²) in [5.41, 5.74) is 0. The van der Waals surface area contributed by atoms with Gasteiger partial charge in [0.1, 0.15) is 5.75 Å². The zero-order chi connectivity index (χ0) is 10.8. The highest BCUT2D eigenvalue weighted by atomic mass is 79.9. The van der Waals surface area contributed by atoms with Gasteiger partial charge in [0.05, 0.1) is 4.47 Å². The molecule has 0 radical (unpaired) electrons. The van der Waals surface area contributed by atoms with Crippen molar-refractivity contribution in [2.75, 3.05) is 6.61 Å². The number of halogens is 5. The molecule has 0 unspecified atom stereocenters. The average Bonchev–Trinajstić information content (AvgIpc) is 2.00. The van der Waals surface area contributed by atoms with Gasteiger partial charge >= 0.3 is 6.18 Å². The number of alkyl halides is 3. The van der Waals surface area contributed by atoms with E-state index >= 15 is 0 Å². The molecule has 1 aromatic carbocycles. The Hall–Kier alpha value is -0.420. The van der Waals surface area contributed by atoms with Crippen molar-refractivity contribution < 1.29 is 17.9 Å². The van der Waals surface area contributed by atoms with Gasteiger partial charge in [0.15, 0.2) is 6.61 Å². The summed E-state index contributed by atoms with van der Waals surface area (Å²) >= 11 is 8.64. The normalized spacial score (nSPS) is 11.5. The third-order valence-corrected chi connectivity index (χ3v) is 2.14. The van der Waals surface area contributed by atoms with Crippen LogP contribution in [0.15, 0.2) is 22.7 Å². The Morgan fingerprint density at radius 2 is 2.00 bits per heavy atom. The van der Waals surface area contributed by atoms with Crippen molar-refractivity contribution in [3.8, 4) is 5.75 Å². The Balaban J connectivity index is 2.68. The molecule has 0 fully saturated rings. The molecule has 0 spiro atoms. The molecule has 78 valence electrons. The molecular formula is C8H5BrClF3O. The first kappa shape index (κ1) is 11.7. The highest BCUT2D eigenvalue weighted by Crippen LogP contribution is 2.29. The Morgan fingerprint density at radius 1 is 1.36 bits per heavy atom. The fraction of sp³-hybridized carbons (Fsp3) is 0.250. The molecule has 0 aliphatic carbocycles. The van der Waals surface area contributed by atoms with Gasteiger partial charge < -0.3 is 4.74 Å². The summed E-state index contributed by atoms with van der Waals surface area (Å²) in [6.45, 7) is -1.31. The lowest BCUT2D eigenvalue weighted by Crippen LogP contribution is -2.19. The fourth-order valence-corrected chi connectivity index (χ4v) is 1.55. The predicted molar refractivity (Wildman–Crippen MR) is 50.7 cm³/mol. The molecule has 14 heavy (non-hydrogen) atoms. The first-order chi connectivity index (χ1) is 6.38. The van der Waals surface area contributed by atoms with Crippen molar-refractivity contribution in [1.29, 1.82) is 0 Å². The van der Waals surface area contributed by atoms with Crippen molar-refractivity contribution in [3.05, 3.63) is 27.7 Å². The second-order valence-corrected chi connectivity index (χ2v) is 3.77. The summed E-state index contributed by atoms with van der Waals surface area (Å²) in [5, 5.41) is 0.427. The third-order valence-electron chi connectivity index (χ3n) is 1.29. The lowest BCUT2D eigenvalue weighted by atomic mass is 10.3. The Labute approximate surface area is 91.9 Å². The fourth-order valence-electron chi connectivity index (χ4n) is 0.752. The minimum Gasteiger partial charge on any atom is -0.483 e. The Kier molecular flexibility index (Phi) is 3.66. The van der Waals surface area contributed by atoms with Gasteiger partial charge in [-0.15, -0.1) is 0 Å². The molecule has 1 nitrogen and oxygen atoms in total. The van der Waals surface area contributed by atoms with Gasteiger partial charge in [-0.25, -0.2) is 0 Å². The standard InChI is InChI=1S/C8H5BrClF3O/c9-6-3-5(10)1-2-7(6)14-4-8(11,12)13/h1-3H,4H2. The molecule has 6 heteroatoms. The highest BCUT2D eigenvalue weighted by molar-refractivity contribution is 9.10. The maximum atomic E-state index is 11.8. The average molecular weight is 289 g/mol. The molecule has 0 amide bonds. The third kappa shape index (κ3) is 3.75. The van der Waals surface area contributed by atoms with E-state index in [0.717, 1.165) is 0 Å². The van der Waals surface area contributed by atoms with Gasteiger partial charge in [-0.1, -0.05) is 11.6 Å². The van der Waals surface area contributed by atoms with E-state index in [2.05, 4.69) is 20.7 Å². The van der Waals surface area contributed by atoms with Crippen LogP contribution in [0.3, 0.4) is 0 Å². The maximum Gasteiger partial charge on any atom is 0.422 e. The minimum atomic E-state index is -4.33. The molecule has 1 aromatic rings. The zero-order valence-corrected chi connectivity index (χ0v) is 9.08. The van der Waals surface area contributed by atoms with Crippen molar-refractivity contribution in [2.45, 2.75) is 6.18 Å². The molecule has 0 saturated carbocycles. The maximum absolute atomic E-state index is 11.8. The number of hydrogen-bond acceptors (Lipinski definition) is 1. The van der Waals surface area contributed by atoms with Crippen LogP contribution < -0.4 is 4.74 Å². The van der Waals surface area contributed by atoms with Crippen LogP contribution in [0.25, 0.3) is 0 Å². The smallest absolute Gasteiger partial charge is 0.422 e. The lowest BCUT2D eigenvalue weighted by Gasteiger charge is -2.10. The van der Waals surface area contributed by atoms with E-state index in [1.165, 1.54) is 18.2 Å². The van der Waals surface area contributed by atoms with Gasteiger partial charge in [-0.3, -0.25) is 0 Å². The Morgan fingerprint density at radius 3 is 2.50 bits per heavy atom. The highest BCUT2D eigenvalue weighted by Gasteiger charge is 2.28. The van der Waals surface area contributed by atoms with E-state index in [-0.39, 0.29) is 5.75 Å². The zero-order valence-electron chi connectivity index (χ0n) is 6.74.